The van der Waals surface area contributed by atoms with E-state index in [9.17, 15) is 9.18 Å². The van der Waals surface area contributed by atoms with E-state index in [4.69, 9.17) is 4.52 Å². The Hall–Kier alpha value is -3.74. The molecule has 0 saturated carbocycles. The predicted molar refractivity (Wildman–Crippen MR) is 111 cm³/mol. The Morgan fingerprint density at radius 3 is 2.50 bits per heavy atom. The second kappa shape index (κ2) is 8.32. The Kier molecular flexibility index (Phi) is 5.43. The van der Waals surface area contributed by atoms with Gasteiger partial charge < -0.3 is 14.4 Å². The van der Waals surface area contributed by atoms with E-state index in [1.165, 1.54) is 12.1 Å². The summed E-state index contributed by atoms with van der Waals surface area (Å²) in [5, 5.41) is 6.89. The van der Waals surface area contributed by atoms with Gasteiger partial charge >= 0.3 is 0 Å². The van der Waals surface area contributed by atoms with Crippen molar-refractivity contribution in [2.75, 3.05) is 5.32 Å². The van der Waals surface area contributed by atoms with Crippen molar-refractivity contribution < 1.29 is 13.7 Å². The molecule has 0 aliphatic heterocycles. The first-order valence-electron chi connectivity index (χ1n) is 9.58. The van der Waals surface area contributed by atoms with Gasteiger partial charge in [0.25, 0.3) is 0 Å². The minimum atomic E-state index is -0.327. The lowest BCUT2D eigenvalue weighted by molar-refractivity contribution is -0.115. The number of amides is 1. The summed E-state index contributed by atoms with van der Waals surface area (Å²) in [4.78, 5) is 17.3. The number of hydrogen-bond acceptors (Lipinski definition) is 4. The summed E-state index contributed by atoms with van der Waals surface area (Å²) in [6, 6.07) is 15.9. The molecule has 0 unspecified atom stereocenters. The molecule has 1 N–H and O–H groups in total. The van der Waals surface area contributed by atoms with Crippen LogP contribution in [0.2, 0.25) is 0 Å². The number of aromatic nitrogens is 3. The lowest BCUT2D eigenvalue weighted by Crippen LogP contribution is -2.18. The number of hydrogen-bond donors (Lipinski definition) is 1. The summed E-state index contributed by atoms with van der Waals surface area (Å²) >= 11 is 0. The molecule has 1 amide bonds. The highest BCUT2D eigenvalue weighted by atomic mass is 19.1. The van der Waals surface area contributed by atoms with Gasteiger partial charge in [-0.2, -0.15) is 0 Å². The molecule has 0 radical (unpaired) electrons. The molecular weight excluding hydrogens is 383 g/mol. The maximum absolute atomic E-state index is 13.4. The summed E-state index contributed by atoms with van der Waals surface area (Å²) in [5.74, 6) is 0.649. The van der Waals surface area contributed by atoms with Crippen molar-refractivity contribution in [1.82, 2.24) is 14.7 Å². The quantitative estimate of drug-likeness (QED) is 0.513. The van der Waals surface area contributed by atoms with Crippen LogP contribution in [0, 0.1) is 19.7 Å². The SMILES string of the molecule is Cc1noc(C)c1CC(=O)Nc1c(-c2ccc(F)cc2)ncn1Cc1ccccc1. The molecule has 0 spiro atoms. The Bertz CT molecular complexity index is 1140. The highest BCUT2D eigenvalue weighted by Gasteiger charge is 2.19. The van der Waals surface area contributed by atoms with Gasteiger partial charge in [-0.15, -0.1) is 0 Å². The first-order valence-corrected chi connectivity index (χ1v) is 9.58. The van der Waals surface area contributed by atoms with Gasteiger partial charge in [0.2, 0.25) is 5.91 Å². The fourth-order valence-corrected chi connectivity index (χ4v) is 3.32. The average Bonchev–Trinajstić information content (AvgIpc) is 3.27. The van der Waals surface area contributed by atoms with Crippen molar-refractivity contribution in [2.24, 2.45) is 0 Å². The van der Waals surface area contributed by atoms with Gasteiger partial charge in [-0.25, -0.2) is 9.37 Å². The van der Waals surface area contributed by atoms with Gasteiger partial charge in [0.15, 0.2) is 0 Å². The molecule has 4 rings (SSSR count). The summed E-state index contributed by atoms with van der Waals surface area (Å²) < 4.78 is 20.4. The van der Waals surface area contributed by atoms with Crippen molar-refractivity contribution >= 4 is 11.7 Å². The number of carbonyl (C=O) groups is 1. The van der Waals surface area contributed by atoms with Crippen molar-refractivity contribution in [1.29, 1.82) is 0 Å². The van der Waals surface area contributed by atoms with Gasteiger partial charge in [0.1, 0.15) is 23.1 Å². The van der Waals surface area contributed by atoms with Crippen LogP contribution in [-0.4, -0.2) is 20.6 Å². The Morgan fingerprint density at radius 2 is 1.83 bits per heavy atom. The van der Waals surface area contributed by atoms with E-state index in [2.05, 4.69) is 15.5 Å². The van der Waals surface area contributed by atoms with Crippen LogP contribution in [0.3, 0.4) is 0 Å². The zero-order valence-corrected chi connectivity index (χ0v) is 16.7. The van der Waals surface area contributed by atoms with E-state index >= 15 is 0 Å². The maximum atomic E-state index is 13.4. The molecule has 0 atom stereocenters. The lowest BCUT2D eigenvalue weighted by Gasteiger charge is -2.12. The average molecular weight is 404 g/mol. The predicted octanol–water partition coefficient (Wildman–Crippen LogP) is 4.52. The van der Waals surface area contributed by atoms with Crippen LogP contribution >= 0.6 is 0 Å². The highest BCUT2D eigenvalue weighted by molar-refractivity contribution is 5.95. The van der Waals surface area contributed by atoms with E-state index in [0.717, 1.165) is 16.7 Å². The number of rotatable bonds is 6. The number of nitrogens with one attached hydrogen (secondary N) is 1. The molecule has 4 aromatic rings. The van der Waals surface area contributed by atoms with Gasteiger partial charge in [-0.3, -0.25) is 4.79 Å². The Labute approximate surface area is 173 Å². The van der Waals surface area contributed by atoms with Crippen LogP contribution in [0.5, 0.6) is 0 Å². The fraction of sp³-hybridized carbons (Fsp3) is 0.174. The van der Waals surface area contributed by atoms with Crippen LogP contribution in [0.15, 0.2) is 65.4 Å². The largest absolute Gasteiger partial charge is 0.361 e. The van der Waals surface area contributed by atoms with Crippen LogP contribution < -0.4 is 5.32 Å². The molecule has 2 aromatic carbocycles. The maximum Gasteiger partial charge on any atom is 0.230 e. The van der Waals surface area contributed by atoms with E-state index in [0.29, 0.717) is 29.5 Å². The summed E-state index contributed by atoms with van der Waals surface area (Å²) in [5.41, 5.74) is 3.83. The number of aryl methyl sites for hydroxylation is 2. The van der Waals surface area contributed by atoms with Crippen molar-refractivity contribution in [3.05, 3.63) is 89.3 Å². The van der Waals surface area contributed by atoms with Crippen molar-refractivity contribution in [2.45, 2.75) is 26.8 Å². The van der Waals surface area contributed by atoms with Crippen molar-refractivity contribution in [3.8, 4) is 11.3 Å². The minimum absolute atomic E-state index is 0.139. The zero-order chi connectivity index (χ0) is 21.1. The zero-order valence-electron chi connectivity index (χ0n) is 16.7. The number of anilines is 1. The van der Waals surface area contributed by atoms with Gasteiger partial charge in [0, 0.05) is 11.1 Å². The summed E-state index contributed by atoms with van der Waals surface area (Å²) in [7, 11) is 0. The number of nitrogens with zero attached hydrogens (tertiary/aromatic N) is 3. The number of halogens is 1. The molecule has 0 saturated heterocycles. The highest BCUT2D eigenvalue weighted by Crippen LogP contribution is 2.28. The lowest BCUT2D eigenvalue weighted by atomic mass is 10.1. The van der Waals surface area contributed by atoms with Gasteiger partial charge in [0.05, 0.1) is 25.0 Å². The monoisotopic (exact) mass is 404 g/mol. The number of carbonyl (C=O) groups excluding carboxylic acids is 1. The normalized spacial score (nSPS) is 10.9. The van der Waals surface area contributed by atoms with E-state index in [1.54, 1.807) is 25.4 Å². The standard InChI is InChI=1S/C23H21FN4O2/c1-15-20(16(2)30-27-15)12-21(29)26-23-22(18-8-10-19(24)11-9-18)25-14-28(23)13-17-6-4-3-5-7-17/h3-11,14H,12-13H2,1-2H3,(H,26,29). The topological polar surface area (TPSA) is 73.0 Å². The molecule has 30 heavy (non-hydrogen) atoms. The molecule has 0 aliphatic rings. The van der Waals surface area contributed by atoms with E-state index < -0.39 is 0 Å². The minimum Gasteiger partial charge on any atom is -0.361 e. The molecule has 2 aromatic heterocycles. The molecule has 7 heteroatoms. The Balaban J connectivity index is 1.66. The van der Waals surface area contributed by atoms with E-state index in [1.807, 2.05) is 41.8 Å². The van der Waals surface area contributed by atoms with E-state index in [-0.39, 0.29) is 18.1 Å². The third-order valence-corrected chi connectivity index (χ3v) is 4.93. The van der Waals surface area contributed by atoms with Crippen LogP contribution in [0.1, 0.15) is 22.6 Å². The third kappa shape index (κ3) is 4.15. The number of benzene rings is 2. The molecule has 0 fully saturated rings. The third-order valence-electron chi connectivity index (χ3n) is 4.93. The Morgan fingerprint density at radius 1 is 1.10 bits per heavy atom. The molecule has 0 aliphatic carbocycles. The number of imidazole rings is 1. The molecule has 152 valence electrons. The van der Waals surface area contributed by atoms with Crippen LogP contribution in [0.4, 0.5) is 10.2 Å². The molecule has 0 bridgehead atoms. The molecule has 2 heterocycles. The first kappa shape index (κ1) is 19.6. The summed E-state index contributed by atoms with van der Waals surface area (Å²) in [6.07, 6.45) is 1.82. The van der Waals surface area contributed by atoms with Gasteiger partial charge in [-0.1, -0.05) is 35.5 Å². The van der Waals surface area contributed by atoms with Crippen LogP contribution in [0.25, 0.3) is 11.3 Å². The second-order valence-corrected chi connectivity index (χ2v) is 7.09. The molecule has 6 nitrogen and oxygen atoms in total. The smallest absolute Gasteiger partial charge is 0.230 e. The summed E-state index contributed by atoms with van der Waals surface area (Å²) in [6.45, 7) is 4.13. The first-order chi connectivity index (χ1) is 14.5. The fourth-order valence-electron chi connectivity index (χ4n) is 3.32. The van der Waals surface area contributed by atoms with Gasteiger partial charge in [-0.05, 0) is 43.7 Å². The van der Waals surface area contributed by atoms with Crippen LogP contribution in [-0.2, 0) is 17.8 Å². The second-order valence-electron chi connectivity index (χ2n) is 7.09. The molecular formula is C23H21FN4O2. The van der Waals surface area contributed by atoms with Crippen molar-refractivity contribution in [3.63, 3.8) is 0 Å².